The number of para-hydroxylation sites is 2. The fourth-order valence-electron chi connectivity index (χ4n) is 2.71. The zero-order valence-corrected chi connectivity index (χ0v) is 12.0. The van der Waals surface area contributed by atoms with Gasteiger partial charge in [0.05, 0.1) is 16.7 Å². The molecule has 2 nitrogen and oxygen atoms in total. The summed E-state index contributed by atoms with van der Waals surface area (Å²) in [6, 6.07) is 17.3. The molecule has 0 N–H and O–H groups in total. The van der Waals surface area contributed by atoms with Gasteiger partial charge in [0, 0.05) is 10.8 Å². The van der Waals surface area contributed by atoms with Crippen molar-refractivity contribution in [1.82, 2.24) is 9.47 Å². The Morgan fingerprint density at radius 3 is 1.63 bits per heavy atom. The topological polar surface area (TPSA) is 8.17 Å². The number of benzene rings is 2. The second-order valence-electron chi connectivity index (χ2n) is 5.76. The van der Waals surface area contributed by atoms with E-state index < -0.39 is 0 Å². The van der Waals surface area contributed by atoms with Crippen LogP contribution in [0.4, 0.5) is 0 Å². The van der Waals surface area contributed by atoms with Crippen molar-refractivity contribution < 1.29 is 0 Å². The first kappa shape index (κ1) is 12.2. The third kappa shape index (κ3) is 1.67. The molecule has 0 saturated heterocycles. The molecule has 0 saturated carbocycles. The fraction of sp³-hybridized carbons (Fsp3) is 0.294. The van der Waals surface area contributed by atoms with E-state index in [1.807, 2.05) is 0 Å². The summed E-state index contributed by atoms with van der Waals surface area (Å²) < 4.78 is 2.43. The van der Waals surface area contributed by atoms with Gasteiger partial charge in [0.1, 0.15) is 0 Å². The minimum absolute atomic E-state index is 0.0668. The summed E-state index contributed by atoms with van der Waals surface area (Å²) in [5.41, 5.74) is 2.52. The second kappa shape index (κ2) is 4.10. The van der Waals surface area contributed by atoms with E-state index in [2.05, 4.69) is 85.9 Å². The van der Waals surface area contributed by atoms with Crippen molar-refractivity contribution in [1.29, 1.82) is 0 Å². The minimum atomic E-state index is -0.0668. The predicted octanol–water partition coefficient (Wildman–Crippen LogP) is 4.05. The van der Waals surface area contributed by atoms with Gasteiger partial charge >= 0.3 is 0 Å². The summed E-state index contributed by atoms with van der Waals surface area (Å²) in [5, 5.41) is 2.65. The van der Waals surface area contributed by atoms with Crippen LogP contribution in [0.25, 0.3) is 21.8 Å². The molecule has 0 fully saturated rings. The average molecular weight is 252 g/mol. The molecule has 1 aromatic heterocycles. The van der Waals surface area contributed by atoms with E-state index in [1.165, 1.54) is 21.8 Å². The molecular weight excluding hydrogens is 232 g/mol. The van der Waals surface area contributed by atoms with Gasteiger partial charge in [-0.3, -0.25) is 4.90 Å². The summed E-state index contributed by atoms with van der Waals surface area (Å²) >= 11 is 0. The summed E-state index contributed by atoms with van der Waals surface area (Å²) in [5.74, 6) is 0. The van der Waals surface area contributed by atoms with E-state index in [9.17, 15) is 0 Å². The average Bonchev–Trinajstić information content (AvgIpc) is 2.73. The van der Waals surface area contributed by atoms with Crippen molar-refractivity contribution in [3.05, 3.63) is 48.5 Å². The Labute approximate surface area is 114 Å². The largest absolute Gasteiger partial charge is 0.322 e. The first-order valence-corrected chi connectivity index (χ1v) is 6.69. The first-order valence-electron chi connectivity index (χ1n) is 6.69. The van der Waals surface area contributed by atoms with Crippen LogP contribution in [0.15, 0.2) is 48.5 Å². The van der Waals surface area contributed by atoms with Crippen molar-refractivity contribution in [3.8, 4) is 0 Å². The molecule has 19 heavy (non-hydrogen) atoms. The third-order valence-corrected chi connectivity index (χ3v) is 4.22. The Morgan fingerprint density at radius 2 is 1.21 bits per heavy atom. The molecule has 0 atom stereocenters. The maximum absolute atomic E-state index is 2.43. The van der Waals surface area contributed by atoms with Crippen LogP contribution in [-0.4, -0.2) is 23.6 Å². The molecule has 0 radical (unpaired) electrons. The molecule has 1 heterocycles. The van der Waals surface area contributed by atoms with Crippen LogP contribution in [0.1, 0.15) is 13.8 Å². The highest BCUT2D eigenvalue weighted by molar-refractivity contribution is 6.08. The number of rotatable bonds is 2. The smallest absolute Gasteiger partial charge is 0.0920 e. The van der Waals surface area contributed by atoms with Crippen LogP contribution in [0.3, 0.4) is 0 Å². The van der Waals surface area contributed by atoms with Gasteiger partial charge in [0.15, 0.2) is 0 Å². The van der Waals surface area contributed by atoms with Crippen LogP contribution in [-0.2, 0) is 5.66 Å². The zero-order chi connectivity index (χ0) is 13.6. The fourth-order valence-corrected chi connectivity index (χ4v) is 2.71. The Morgan fingerprint density at radius 1 is 0.789 bits per heavy atom. The summed E-state index contributed by atoms with van der Waals surface area (Å²) in [6.45, 7) is 4.51. The molecule has 0 spiro atoms. The number of hydrogen-bond acceptors (Lipinski definition) is 1. The maximum atomic E-state index is 2.43. The highest BCUT2D eigenvalue weighted by atomic mass is 15.3. The molecular formula is C17H20N2. The van der Waals surface area contributed by atoms with E-state index in [-0.39, 0.29) is 5.66 Å². The van der Waals surface area contributed by atoms with E-state index in [4.69, 9.17) is 0 Å². The molecule has 3 rings (SSSR count). The molecule has 98 valence electrons. The molecule has 2 heteroatoms. The van der Waals surface area contributed by atoms with Crippen LogP contribution >= 0.6 is 0 Å². The number of nitrogens with zero attached hydrogens (tertiary/aromatic N) is 2. The van der Waals surface area contributed by atoms with Crippen molar-refractivity contribution in [2.45, 2.75) is 19.5 Å². The Bertz CT molecular complexity index is 682. The molecule has 0 bridgehead atoms. The SMILES string of the molecule is CN(C)C(C)(C)n1c2ccccc2c2ccccc21. The Hall–Kier alpha value is -1.80. The van der Waals surface area contributed by atoms with Crippen molar-refractivity contribution >= 4 is 21.8 Å². The lowest BCUT2D eigenvalue weighted by Gasteiger charge is -2.35. The zero-order valence-electron chi connectivity index (χ0n) is 12.0. The van der Waals surface area contributed by atoms with Gasteiger partial charge in [-0.15, -0.1) is 0 Å². The molecule has 0 amide bonds. The second-order valence-corrected chi connectivity index (χ2v) is 5.76. The van der Waals surface area contributed by atoms with Crippen molar-refractivity contribution in [2.24, 2.45) is 0 Å². The highest BCUT2D eigenvalue weighted by Gasteiger charge is 2.26. The first-order chi connectivity index (χ1) is 9.03. The van der Waals surface area contributed by atoms with E-state index >= 15 is 0 Å². The number of hydrogen-bond donors (Lipinski definition) is 0. The molecule has 2 aromatic carbocycles. The lowest BCUT2D eigenvalue weighted by Crippen LogP contribution is -2.41. The highest BCUT2D eigenvalue weighted by Crippen LogP contribution is 2.34. The lowest BCUT2D eigenvalue weighted by molar-refractivity contribution is 0.121. The molecule has 0 aliphatic heterocycles. The van der Waals surface area contributed by atoms with Gasteiger partial charge in [-0.1, -0.05) is 36.4 Å². The van der Waals surface area contributed by atoms with E-state index in [0.717, 1.165) is 0 Å². The van der Waals surface area contributed by atoms with Crippen molar-refractivity contribution in [3.63, 3.8) is 0 Å². The summed E-state index contributed by atoms with van der Waals surface area (Å²) in [7, 11) is 4.26. The Kier molecular flexibility index (Phi) is 2.64. The third-order valence-electron chi connectivity index (χ3n) is 4.22. The van der Waals surface area contributed by atoms with Gasteiger partial charge in [0.2, 0.25) is 0 Å². The normalized spacial score (nSPS) is 12.7. The standard InChI is InChI=1S/C17H20N2/c1-17(2,18(3)4)19-15-11-7-5-9-13(15)14-10-6-8-12-16(14)19/h5-12H,1-4H3. The lowest BCUT2D eigenvalue weighted by atomic mass is 10.2. The minimum Gasteiger partial charge on any atom is -0.322 e. The van der Waals surface area contributed by atoms with Gasteiger partial charge in [-0.05, 0) is 40.1 Å². The monoisotopic (exact) mass is 252 g/mol. The van der Waals surface area contributed by atoms with Crippen LogP contribution in [0.5, 0.6) is 0 Å². The molecule has 0 unspecified atom stereocenters. The molecule has 0 aliphatic rings. The van der Waals surface area contributed by atoms with Crippen LogP contribution < -0.4 is 0 Å². The predicted molar refractivity (Wildman–Crippen MR) is 82.5 cm³/mol. The summed E-state index contributed by atoms with van der Waals surface area (Å²) in [6.07, 6.45) is 0. The van der Waals surface area contributed by atoms with Crippen molar-refractivity contribution in [2.75, 3.05) is 14.1 Å². The summed E-state index contributed by atoms with van der Waals surface area (Å²) in [4.78, 5) is 2.26. The number of fused-ring (bicyclic) bond motifs is 3. The van der Waals surface area contributed by atoms with E-state index in [1.54, 1.807) is 0 Å². The van der Waals surface area contributed by atoms with Gasteiger partial charge in [-0.25, -0.2) is 0 Å². The van der Waals surface area contributed by atoms with E-state index in [0.29, 0.717) is 0 Å². The van der Waals surface area contributed by atoms with Crippen LogP contribution in [0, 0.1) is 0 Å². The molecule has 0 aliphatic carbocycles. The maximum Gasteiger partial charge on any atom is 0.0920 e. The molecule has 3 aromatic rings. The number of aromatic nitrogens is 1. The quantitative estimate of drug-likeness (QED) is 0.668. The Balaban J connectivity index is 2.50. The van der Waals surface area contributed by atoms with Gasteiger partial charge < -0.3 is 4.57 Å². The van der Waals surface area contributed by atoms with Crippen LogP contribution in [0.2, 0.25) is 0 Å². The van der Waals surface area contributed by atoms with Gasteiger partial charge in [0.25, 0.3) is 0 Å². The van der Waals surface area contributed by atoms with Gasteiger partial charge in [-0.2, -0.15) is 0 Å².